The molecule has 1 saturated carbocycles. The summed E-state index contributed by atoms with van der Waals surface area (Å²) in [6.07, 6.45) is 4.69. The fraction of sp³-hybridized carbons (Fsp3) is 0.579. The third-order valence-corrected chi connectivity index (χ3v) is 5.74. The molecule has 0 spiro atoms. The summed E-state index contributed by atoms with van der Waals surface area (Å²) < 4.78 is 0. The van der Waals surface area contributed by atoms with Gasteiger partial charge in [-0.3, -0.25) is 4.79 Å². The third kappa shape index (κ3) is 4.66. The molecule has 6 heteroatoms. The van der Waals surface area contributed by atoms with Crippen molar-refractivity contribution in [2.45, 2.75) is 50.5 Å². The largest absolute Gasteiger partial charge is 0.481 e. The Morgan fingerprint density at radius 1 is 1.08 bits per heavy atom. The summed E-state index contributed by atoms with van der Waals surface area (Å²) in [6.45, 7) is 1.49. The van der Waals surface area contributed by atoms with Gasteiger partial charge in [-0.2, -0.15) is 0 Å². The first-order valence-corrected chi connectivity index (χ1v) is 9.44. The van der Waals surface area contributed by atoms with Crippen molar-refractivity contribution >= 4 is 23.6 Å². The maximum atomic E-state index is 12.5. The summed E-state index contributed by atoms with van der Waals surface area (Å²) in [5.41, 5.74) is 1.25. The van der Waals surface area contributed by atoms with Gasteiger partial charge in [-0.15, -0.1) is 0 Å². The van der Waals surface area contributed by atoms with Crippen molar-refractivity contribution in [3.8, 4) is 0 Å². The van der Waals surface area contributed by atoms with Crippen LogP contribution in [0.1, 0.15) is 50.0 Å². The highest BCUT2D eigenvalue weighted by atomic mass is 35.5. The third-order valence-electron chi connectivity index (χ3n) is 5.51. The summed E-state index contributed by atoms with van der Waals surface area (Å²) in [5.74, 6) is -0.511. The van der Waals surface area contributed by atoms with Gasteiger partial charge >= 0.3 is 12.0 Å². The number of carboxylic acid groups (broad SMARTS) is 1. The van der Waals surface area contributed by atoms with Crippen molar-refractivity contribution < 1.29 is 14.7 Å². The number of nitrogens with one attached hydrogen (secondary N) is 1. The Balaban J connectivity index is 1.45. The number of carboxylic acids is 1. The molecule has 0 radical (unpaired) electrons. The van der Waals surface area contributed by atoms with E-state index < -0.39 is 5.97 Å². The zero-order chi connectivity index (χ0) is 17.8. The average Bonchev–Trinajstić information content (AvgIpc) is 2.62. The van der Waals surface area contributed by atoms with Crippen LogP contribution in [-0.4, -0.2) is 41.1 Å². The first-order chi connectivity index (χ1) is 12.0. The van der Waals surface area contributed by atoms with Crippen molar-refractivity contribution in [3.05, 3.63) is 34.9 Å². The molecular formula is C19H25ClN2O3. The van der Waals surface area contributed by atoms with Crippen molar-refractivity contribution in [2.75, 3.05) is 13.1 Å². The molecule has 2 fully saturated rings. The molecule has 1 aliphatic carbocycles. The molecule has 0 atom stereocenters. The molecule has 2 amide bonds. The summed E-state index contributed by atoms with van der Waals surface area (Å²) in [4.78, 5) is 25.3. The van der Waals surface area contributed by atoms with Gasteiger partial charge in [0.2, 0.25) is 0 Å². The van der Waals surface area contributed by atoms with E-state index in [0.29, 0.717) is 18.8 Å². The van der Waals surface area contributed by atoms with Crippen molar-refractivity contribution in [1.29, 1.82) is 0 Å². The maximum absolute atomic E-state index is 12.5. The van der Waals surface area contributed by atoms with Crippen LogP contribution in [0, 0.1) is 5.92 Å². The van der Waals surface area contributed by atoms with E-state index in [0.717, 1.165) is 43.8 Å². The van der Waals surface area contributed by atoms with E-state index >= 15 is 0 Å². The van der Waals surface area contributed by atoms with Crippen LogP contribution in [0.25, 0.3) is 0 Å². The molecule has 25 heavy (non-hydrogen) atoms. The number of amides is 2. The lowest BCUT2D eigenvalue weighted by molar-refractivity contribution is -0.142. The lowest BCUT2D eigenvalue weighted by Gasteiger charge is -2.34. The predicted molar refractivity (Wildman–Crippen MR) is 96.9 cm³/mol. The van der Waals surface area contributed by atoms with E-state index in [2.05, 4.69) is 11.4 Å². The normalized spacial score (nSPS) is 24.8. The minimum Gasteiger partial charge on any atom is -0.481 e. The number of rotatable bonds is 3. The lowest BCUT2D eigenvalue weighted by atomic mass is 9.86. The molecule has 0 unspecified atom stereocenters. The van der Waals surface area contributed by atoms with Gasteiger partial charge in [0.25, 0.3) is 0 Å². The smallest absolute Gasteiger partial charge is 0.317 e. The van der Waals surface area contributed by atoms with Gasteiger partial charge in [-0.1, -0.05) is 23.7 Å². The first-order valence-electron chi connectivity index (χ1n) is 9.06. The van der Waals surface area contributed by atoms with Crippen LogP contribution in [0.4, 0.5) is 4.79 Å². The summed E-state index contributed by atoms with van der Waals surface area (Å²) >= 11 is 6.07. The zero-order valence-corrected chi connectivity index (χ0v) is 15.0. The molecule has 2 N–H and O–H groups in total. The fourth-order valence-electron chi connectivity index (χ4n) is 3.93. The van der Waals surface area contributed by atoms with E-state index in [1.165, 1.54) is 5.56 Å². The maximum Gasteiger partial charge on any atom is 0.317 e. The first kappa shape index (κ1) is 18.1. The van der Waals surface area contributed by atoms with Gasteiger partial charge in [-0.05, 0) is 62.1 Å². The molecule has 1 aromatic carbocycles. The predicted octanol–water partition coefficient (Wildman–Crippen LogP) is 3.87. The molecule has 1 aliphatic heterocycles. The molecule has 1 heterocycles. The molecule has 3 rings (SSSR count). The topological polar surface area (TPSA) is 69.6 Å². The van der Waals surface area contributed by atoms with E-state index in [1.54, 1.807) is 0 Å². The highest BCUT2D eigenvalue weighted by molar-refractivity contribution is 6.30. The number of carbonyl (C=O) groups excluding carboxylic acids is 1. The fourth-order valence-corrected chi connectivity index (χ4v) is 4.13. The van der Waals surface area contributed by atoms with E-state index in [4.69, 9.17) is 16.7 Å². The standard InChI is InChI=1S/C19H25ClN2O3/c20-16-3-1-2-15(12-16)13-8-10-22(11-9-13)19(25)21-17-6-4-14(5-7-17)18(23)24/h1-3,12-14,17H,4-11H2,(H,21,25)(H,23,24). The van der Waals surface area contributed by atoms with Gasteiger partial charge in [-0.25, -0.2) is 4.79 Å². The second-order valence-corrected chi connectivity index (χ2v) is 7.59. The summed E-state index contributed by atoms with van der Waals surface area (Å²) in [7, 11) is 0. The number of nitrogens with zero attached hydrogens (tertiary/aromatic N) is 1. The van der Waals surface area contributed by atoms with Crippen molar-refractivity contribution in [2.24, 2.45) is 5.92 Å². The molecule has 136 valence electrons. The molecule has 2 aliphatic rings. The monoisotopic (exact) mass is 364 g/mol. The Bertz CT molecular complexity index is 621. The number of hydrogen-bond acceptors (Lipinski definition) is 2. The summed E-state index contributed by atoms with van der Waals surface area (Å²) in [6, 6.07) is 8.07. The number of hydrogen-bond donors (Lipinski definition) is 2. The number of likely N-dealkylation sites (tertiary alicyclic amines) is 1. The molecule has 0 bridgehead atoms. The van der Waals surface area contributed by atoms with Gasteiger partial charge in [0.15, 0.2) is 0 Å². The molecule has 5 nitrogen and oxygen atoms in total. The van der Waals surface area contributed by atoms with Gasteiger partial charge in [0.1, 0.15) is 0 Å². The van der Waals surface area contributed by atoms with Gasteiger partial charge in [0, 0.05) is 24.2 Å². The van der Waals surface area contributed by atoms with E-state index in [-0.39, 0.29) is 18.0 Å². The average molecular weight is 365 g/mol. The highest BCUT2D eigenvalue weighted by Crippen LogP contribution is 2.30. The van der Waals surface area contributed by atoms with E-state index in [9.17, 15) is 9.59 Å². The molecular weight excluding hydrogens is 340 g/mol. The molecule has 1 saturated heterocycles. The Kier molecular flexibility index (Phi) is 5.84. The number of piperidine rings is 1. The number of urea groups is 1. The van der Waals surface area contributed by atoms with Crippen molar-refractivity contribution in [1.82, 2.24) is 10.2 Å². The minimum atomic E-state index is -0.715. The van der Waals surface area contributed by atoms with E-state index in [1.807, 2.05) is 23.1 Å². The van der Waals surface area contributed by atoms with Crippen LogP contribution >= 0.6 is 11.6 Å². The molecule has 1 aromatic rings. The Morgan fingerprint density at radius 3 is 2.36 bits per heavy atom. The number of aliphatic carboxylic acids is 1. The quantitative estimate of drug-likeness (QED) is 0.855. The number of benzene rings is 1. The minimum absolute atomic E-state index is 0.0108. The second-order valence-electron chi connectivity index (χ2n) is 7.15. The van der Waals surface area contributed by atoms with Gasteiger partial charge in [0.05, 0.1) is 5.92 Å². The van der Waals surface area contributed by atoms with Gasteiger partial charge < -0.3 is 15.3 Å². The van der Waals surface area contributed by atoms with Crippen LogP contribution in [0.3, 0.4) is 0 Å². The van der Waals surface area contributed by atoms with Crippen LogP contribution < -0.4 is 5.32 Å². The summed E-state index contributed by atoms with van der Waals surface area (Å²) in [5, 5.41) is 12.9. The van der Waals surface area contributed by atoms with Crippen LogP contribution in [-0.2, 0) is 4.79 Å². The zero-order valence-electron chi connectivity index (χ0n) is 14.3. The van der Waals surface area contributed by atoms with Crippen LogP contribution in [0.5, 0.6) is 0 Å². The van der Waals surface area contributed by atoms with Crippen LogP contribution in [0.2, 0.25) is 5.02 Å². The van der Waals surface area contributed by atoms with Crippen molar-refractivity contribution in [3.63, 3.8) is 0 Å². The SMILES string of the molecule is O=C(O)C1CCC(NC(=O)N2CCC(c3cccc(Cl)c3)CC2)CC1. The number of carbonyl (C=O) groups is 2. The second kappa shape index (κ2) is 8.09. The Hall–Kier alpha value is -1.75. The Morgan fingerprint density at radius 2 is 1.76 bits per heavy atom. The molecule has 0 aromatic heterocycles. The lowest BCUT2D eigenvalue weighted by Crippen LogP contribution is -2.48. The Labute approximate surface area is 153 Å². The highest BCUT2D eigenvalue weighted by Gasteiger charge is 2.29. The number of halogens is 1. The van der Waals surface area contributed by atoms with Crippen LogP contribution in [0.15, 0.2) is 24.3 Å².